The number of carbonyl (C=O) groups excluding carboxylic acids is 1. The first-order valence-corrected chi connectivity index (χ1v) is 5.81. The largest absolute Gasteiger partial charge is 0.379 e. The van der Waals surface area contributed by atoms with E-state index >= 15 is 0 Å². The van der Waals surface area contributed by atoms with Crippen LogP contribution in [-0.2, 0) is 14.3 Å². The van der Waals surface area contributed by atoms with E-state index in [1.54, 1.807) is 11.9 Å². The summed E-state index contributed by atoms with van der Waals surface area (Å²) in [7, 11) is 1.79. The Morgan fingerprint density at radius 2 is 1.94 bits per heavy atom. The van der Waals surface area contributed by atoms with Gasteiger partial charge in [-0.3, -0.25) is 4.79 Å². The highest BCUT2D eigenvalue weighted by Gasteiger charge is 2.07. The van der Waals surface area contributed by atoms with Crippen LogP contribution in [0.5, 0.6) is 0 Å². The molecule has 0 unspecified atom stereocenters. The highest BCUT2D eigenvalue weighted by Crippen LogP contribution is 1.93. The van der Waals surface area contributed by atoms with Gasteiger partial charge in [-0.15, -0.1) is 0 Å². The molecule has 5 nitrogen and oxygen atoms in total. The first-order chi connectivity index (χ1) is 7.72. The predicted octanol–water partition coefficient (Wildman–Crippen LogP) is 0.237. The zero-order valence-electron chi connectivity index (χ0n) is 10.4. The van der Waals surface area contributed by atoms with E-state index < -0.39 is 0 Å². The van der Waals surface area contributed by atoms with E-state index in [1.807, 2.05) is 6.92 Å². The number of hydrogen-bond acceptors (Lipinski definition) is 4. The van der Waals surface area contributed by atoms with Crippen molar-refractivity contribution in [1.82, 2.24) is 4.90 Å². The van der Waals surface area contributed by atoms with Crippen molar-refractivity contribution >= 4 is 5.91 Å². The zero-order valence-corrected chi connectivity index (χ0v) is 10.4. The molecular weight excluding hydrogens is 208 g/mol. The van der Waals surface area contributed by atoms with E-state index in [-0.39, 0.29) is 5.91 Å². The Hall–Kier alpha value is -0.650. The molecule has 0 radical (unpaired) electrons. The van der Waals surface area contributed by atoms with Crippen LogP contribution < -0.4 is 5.73 Å². The number of hydrogen-bond donors (Lipinski definition) is 1. The van der Waals surface area contributed by atoms with Crippen molar-refractivity contribution in [3.63, 3.8) is 0 Å². The van der Waals surface area contributed by atoms with Crippen LogP contribution in [0.25, 0.3) is 0 Å². The second-order valence-electron chi connectivity index (χ2n) is 3.52. The van der Waals surface area contributed by atoms with Crippen molar-refractivity contribution in [2.45, 2.75) is 19.8 Å². The Balaban J connectivity index is 3.35. The topological polar surface area (TPSA) is 64.8 Å². The highest BCUT2D eigenvalue weighted by atomic mass is 16.5. The minimum absolute atomic E-state index is 0.102. The number of rotatable bonds is 10. The molecule has 0 aromatic rings. The third kappa shape index (κ3) is 8.64. The van der Waals surface area contributed by atoms with E-state index in [0.29, 0.717) is 45.9 Å². The van der Waals surface area contributed by atoms with Gasteiger partial charge >= 0.3 is 0 Å². The predicted molar refractivity (Wildman–Crippen MR) is 63.2 cm³/mol. The Morgan fingerprint density at radius 3 is 2.56 bits per heavy atom. The van der Waals surface area contributed by atoms with Gasteiger partial charge in [0.2, 0.25) is 5.91 Å². The Kier molecular flexibility index (Phi) is 10.4. The molecule has 1 amide bonds. The molecule has 0 aliphatic rings. The molecule has 0 aromatic carbocycles. The van der Waals surface area contributed by atoms with Crippen LogP contribution in [0.2, 0.25) is 0 Å². The maximum Gasteiger partial charge on any atom is 0.224 e. The summed E-state index contributed by atoms with van der Waals surface area (Å²) >= 11 is 0. The molecule has 0 aromatic heterocycles. The molecule has 0 fully saturated rings. The summed E-state index contributed by atoms with van der Waals surface area (Å²) in [5.41, 5.74) is 5.37. The fourth-order valence-electron chi connectivity index (χ4n) is 1.17. The van der Waals surface area contributed by atoms with E-state index in [9.17, 15) is 4.79 Å². The van der Waals surface area contributed by atoms with E-state index in [4.69, 9.17) is 15.2 Å². The van der Waals surface area contributed by atoms with Gasteiger partial charge in [-0.1, -0.05) is 0 Å². The van der Waals surface area contributed by atoms with Crippen LogP contribution in [0.4, 0.5) is 0 Å². The van der Waals surface area contributed by atoms with Crippen molar-refractivity contribution in [2.75, 3.05) is 46.6 Å². The summed E-state index contributed by atoms with van der Waals surface area (Å²) in [5, 5.41) is 0. The molecule has 0 heterocycles. The molecule has 0 bridgehead atoms. The maximum atomic E-state index is 11.5. The molecule has 0 spiro atoms. The monoisotopic (exact) mass is 232 g/mol. The number of ether oxygens (including phenoxy) is 2. The van der Waals surface area contributed by atoms with E-state index in [1.165, 1.54) is 0 Å². The fraction of sp³-hybridized carbons (Fsp3) is 0.909. The molecule has 0 saturated heterocycles. The maximum absolute atomic E-state index is 11.5. The summed E-state index contributed by atoms with van der Waals surface area (Å²) in [4.78, 5) is 13.2. The second kappa shape index (κ2) is 10.9. The standard InChI is InChI=1S/C11H24N2O3/c1-3-15-9-10-16-8-5-11(14)13(2)7-4-6-12/h3-10,12H2,1-2H3. The van der Waals surface area contributed by atoms with Crippen LogP contribution in [0.3, 0.4) is 0 Å². The third-order valence-electron chi connectivity index (χ3n) is 2.16. The third-order valence-corrected chi connectivity index (χ3v) is 2.16. The number of carbonyl (C=O) groups is 1. The molecule has 5 heteroatoms. The molecule has 2 N–H and O–H groups in total. The van der Waals surface area contributed by atoms with Gasteiger partial charge in [0.1, 0.15) is 0 Å². The van der Waals surface area contributed by atoms with Crippen LogP contribution >= 0.6 is 0 Å². The molecular formula is C11H24N2O3. The average Bonchev–Trinajstić information content (AvgIpc) is 2.30. The summed E-state index contributed by atoms with van der Waals surface area (Å²) in [5.74, 6) is 0.102. The van der Waals surface area contributed by atoms with Crippen LogP contribution in [0, 0.1) is 0 Å². The quantitative estimate of drug-likeness (QED) is 0.548. The van der Waals surface area contributed by atoms with Gasteiger partial charge in [0, 0.05) is 20.2 Å². The van der Waals surface area contributed by atoms with Crippen molar-refractivity contribution in [3.05, 3.63) is 0 Å². The Bertz CT molecular complexity index is 177. The first kappa shape index (κ1) is 15.3. The van der Waals surface area contributed by atoms with Gasteiger partial charge in [-0.25, -0.2) is 0 Å². The second-order valence-corrected chi connectivity index (χ2v) is 3.52. The summed E-state index contributed by atoms with van der Waals surface area (Å²) in [6.45, 7) is 5.57. The van der Waals surface area contributed by atoms with Gasteiger partial charge in [-0.2, -0.15) is 0 Å². The summed E-state index contributed by atoms with van der Waals surface area (Å²) in [6.07, 6.45) is 1.26. The lowest BCUT2D eigenvalue weighted by Gasteiger charge is -2.16. The first-order valence-electron chi connectivity index (χ1n) is 5.81. The minimum Gasteiger partial charge on any atom is -0.379 e. The number of nitrogens with two attached hydrogens (primary N) is 1. The minimum atomic E-state index is 0.102. The van der Waals surface area contributed by atoms with Crippen molar-refractivity contribution in [1.29, 1.82) is 0 Å². The normalized spacial score (nSPS) is 10.4. The van der Waals surface area contributed by atoms with Gasteiger partial charge < -0.3 is 20.1 Å². The highest BCUT2D eigenvalue weighted by molar-refractivity contribution is 5.75. The molecule has 0 atom stereocenters. The molecule has 96 valence electrons. The van der Waals surface area contributed by atoms with E-state index in [0.717, 1.165) is 6.42 Å². The smallest absolute Gasteiger partial charge is 0.224 e. The molecule has 0 saturated carbocycles. The van der Waals surface area contributed by atoms with Crippen LogP contribution in [0.1, 0.15) is 19.8 Å². The van der Waals surface area contributed by atoms with Gasteiger partial charge in [0.15, 0.2) is 0 Å². The lowest BCUT2D eigenvalue weighted by atomic mass is 10.3. The number of nitrogens with zero attached hydrogens (tertiary/aromatic N) is 1. The molecule has 0 aliphatic carbocycles. The van der Waals surface area contributed by atoms with E-state index in [2.05, 4.69) is 0 Å². The zero-order chi connectivity index (χ0) is 12.2. The van der Waals surface area contributed by atoms with Crippen molar-refractivity contribution in [3.8, 4) is 0 Å². The van der Waals surface area contributed by atoms with Gasteiger partial charge in [0.05, 0.1) is 26.2 Å². The fourth-order valence-corrected chi connectivity index (χ4v) is 1.17. The lowest BCUT2D eigenvalue weighted by molar-refractivity contribution is -0.131. The Labute approximate surface area is 97.9 Å². The average molecular weight is 232 g/mol. The summed E-state index contributed by atoms with van der Waals surface area (Å²) in [6, 6.07) is 0. The molecule has 0 rings (SSSR count). The van der Waals surface area contributed by atoms with Gasteiger partial charge in [-0.05, 0) is 19.9 Å². The van der Waals surface area contributed by atoms with Crippen LogP contribution in [-0.4, -0.2) is 57.4 Å². The van der Waals surface area contributed by atoms with Crippen molar-refractivity contribution < 1.29 is 14.3 Å². The SMILES string of the molecule is CCOCCOCCC(=O)N(C)CCCN. The molecule has 0 aliphatic heterocycles. The molecule has 16 heavy (non-hydrogen) atoms. The van der Waals surface area contributed by atoms with Crippen LogP contribution in [0.15, 0.2) is 0 Å². The summed E-state index contributed by atoms with van der Waals surface area (Å²) < 4.78 is 10.4. The van der Waals surface area contributed by atoms with Gasteiger partial charge in [0.25, 0.3) is 0 Å². The Morgan fingerprint density at radius 1 is 1.25 bits per heavy atom. The van der Waals surface area contributed by atoms with Crippen molar-refractivity contribution in [2.24, 2.45) is 5.73 Å². The lowest BCUT2D eigenvalue weighted by Crippen LogP contribution is -2.29. The number of amides is 1.